The Balaban J connectivity index is 1.98. The van der Waals surface area contributed by atoms with Gasteiger partial charge < -0.3 is 14.8 Å². The number of nitrogens with one attached hydrogen (secondary N) is 1. The Bertz CT molecular complexity index is 633. The zero-order valence-corrected chi connectivity index (χ0v) is 11.8. The molecule has 0 aliphatic carbocycles. The summed E-state index contributed by atoms with van der Waals surface area (Å²) >= 11 is 0. The highest BCUT2D eigenvalue weighted by Gasteiger charge is 2.12. The van der Waals surface area contributed by atoms with E-state index in [1.807, 2.05) is 13.0 Å². The first-order valence-electron chi connectivity index (χ1n) is 6.75. The van der Waals surface area contributed by atoms with E-state index in [9.17, 15) is 4.79 Å². The molecule has 1 atom stereocenters. The molecule has 2 rings (SSSR count). The van der Waals surface area contributed by atoms with Crippen molar-refractivity contribution in [1.29, 1.82) is 0 Å². The lowest BCUT2D eigenvalue weighted by molar-refractivity contribution is 0.0935. The number of aliphatic hydroxyl groups is 1. The van der Waals surface area contributed by atoms with Crippen LogP contribution in [0.4, 0.5) is 0 Å². The number of furan rings is 1. The molecule has 0 aliphatic heterocycles. The molecule has 1 unspecified atom stereocenters. The number of hydrogen-bond donors (Lipinski definition) is 2. The number of aliphatic hydroxyl groups excluding tert-OH is 1. The molecule has 0 spiro atoms. The number of carbonyl (C=O) groups is 1. The van der Waals surface area contributed by atoms with Crippen LogP contribution in [-0.4, -0.2) is 17.6 Å². The molecule has 108 valence electrons. The van der Waals surface area contributed by atoms with Crippen molar-refractivity contribution in [3.05, 3.63) is 59.5 Å². The van der Waals surface area contributed by atoms with E-state index in [1.54, 1.807) is 36.6 Å². The van der Waals surface area contributed by atoms with E-state index in [-0.39, 0.29) is 18.6 Å². The fourth-order valence-electron chi connectivity index (χ4n) is 1.81. The van der Waals surface area contributed by atoms with Gasteiger partial charge in [0.15, 0.2) is 0 Å². The molecule has 1 amide bonds. The van der Waals surface area contributed by atoms with Gasteiger partial charge in [-0.15, -0.1) is 0 Å². The van der Waals surface area contributed by atoms with E-state index < -0.39 is 0 Å². The predicted octanol–water partition coefficient (Wildman–Crippen LogP) is 2.50. The quantitative estimate of drug-likeness (QED) is 0.847. The number of rotatable bonds is 4. The van der Waals surface area contributed by atoms with Gasteiger partial charge in [0.2, 0.25) is 0 Å². The topological polar surface area (TPSA) is 62.5 Å². The molecule has 4 heteroatoms. The first kappa shape index (κ1) is 14.9. The van der Waals surface area contributed by atoms with E-state index in [0.29, 0.717) is 12.0 Å². The maximum Gasteiger partial charge on any atom is 0.251 e. The highest BCUT2D eigenvalue weighted by molar-refractivity contribution is 5.94. The van der Waals surface area contributed by atoms with Crippen molar-refractivity contribution in [3.63, 3.8) is 0 Å². The highest BCUT2D eigenvalue weighted by atomic mass is 16.3. The predicted molar refractivity (Wildman–Crippen MR) is 79.6 cm³/mol. The van der Waals surface area contributed by atoms with E-state index in [4.69, 9.17) is 9.52 Å². The lowest BCUT2D eigenvalue weighted by Gasteiger charge is -2.11. The minimum Gasteiger partial charge on any atom is -0.467 e. The van der Waals surface area contributed by atoms with Gasteiger partial charge in [0.05, 0.1) is 18.9 Å². The average Bonchev–Trinajstić information content (AvgIpc) is 3.02. The number of hydrogen-bond acceptors (Lipinski definition) is 3. The van der Waals surface area contributed by atoms with Crippen LogP contribution < -0.4 is 5.32 Å². The van der Waals surface area contributed by atoms with Crippen molar-refractivity contribution in [1.82, 2.24) is 5.32 Å². The zero-order valence-electron chi connectivity index (χ0n) is 11.8. The van der Waals surface area contributed by atoms with Crippen molar-refractivity contribution in [2.45, 2.75) is 19.4 Å². The molecule has 2 N–H and O–H groups in total. The van der Waals surface area contributed by atoms with E-state index in [2.05, 4.69) is 17.2 Å². The van der Waals surface area contributed by atoms with Crippen LogP contribution in [0.2, 0.25) is 0 Å². The monoisotopic (exact) mass is 283 g/mol. The van der Waals surface area contributed by atoms with E-state index in [0.717, 1.165) is 11.3 Å². The number of amides is 1. The summed E-state index contributed by atoms with van der Waals surface area (Å²) in [5.41, 5.74) is 1.39. The second-order valence-corrected chi connectivity index (χ2v) is 4.56. The van der Waals surface area contributed by atoms with Crippen molar-refractivity contribution in [2.75, 3.05) is 6.61 Å². The maximum atomic E-state index is 12.1. The van der Waals surface area contributed by atoms with Crippen LogP contribution in [0.1, 0.15) is 41.1 Å². The van der Waals surface area contributed by atoms with Gasteiger partial charge in [0.1, 0.15) is 5.76 Å². The molecule has 0 bridgehead atoms. The van der Waals surface area contributed by atoms with Gasteiger partial charge in [-0.1, -0.05) is 11.8 Å². The first-order valence-corrected chi connectivity index (χ1v) is 6.75. The number of carbonyl (C=O) groups excluding carboxylic acids is 1. The molecule has 4 nitrogen and oxygen atoms in total. The van der Waals surface area contributed by atoms with E-state index in [1.165, 1.54) is 0 Å². The Hall–Kier alpha value is -2.51. The lowest BCUT2D eigenvalue weighted by atomic mass is 10.1. The molecule has 21 heavy (non-hydrogen) atoms. The molecule has 1 aromatic carbocycles. The van der Waals surface area contributed by atoms with Crippen LogP contribution in [0.15, 0.2) is 47.1 Å². The van der Waals surface area contributed by atoms with E-state index >= 15 is 0 Å². The summed E-state index contributed by atoms with van der Waals surface area (Å²) < 4.78 is 5.25. The average molecular weight is 283 g/mol. The summed E-state index contributed by atoms with van der Waals surface area (Å²) in [5.74, 6) is 6.31. The van der Waals surface area contributed by atoms with Crippen LogP contribution in [0.25, 0.3) is 0 Å². The van der Waals surface area contributed by atoms with Gasteiger partial charge in [-0.3, -0.25) is 4.79 Å². The van der Waals surface area contributed by atoms with Crippen molar-refractivity contribution >= 4 is 5.91 Å². The van der Waals surface area contributed by atoms with Crippen LogP contribution in [-0.2, 0) is 0 Å². The molecule has 1 heterocycles. The van der Waals surface area contributed by atoms with Crippen molar-refractivity contribution < 1.29 is 14.3 Å². The molecule has 1 aromatic heterocycles. The second-order valence-electron chi connectivity index (χ2n) is 4.56. The van der Waals surface area contributed by atoms with Crippen LogP contribution >= 0.6 is 0 Å². The molecular weight excluding hydrogens is 266 g/mol. The summed E-state index contributed by atoms with van der Waals surface area (Å²) in [6.45, 7) is 1.92. The van der Waals surface area contributed by atoms with Crippen LogP contribution in [0.3, 0.4) is 0 Å². The minimum absolute atomic E-state index is 0.0537. The first-order chi connectivity index (χ1) is 10.2. The second kappa shape index (κ2) is 7.32. The van der Waals surface area contributed by atoms with Gasteiger partial charge in [0.25, 0.3) is 5.91 Å². The van der Waals surface area contributed by atoms with Gasteiger partial charge in [-0.05, 0) is 43.3 Å². The molecule has 0 aliphatic rings. The summed E-state index contributed by atoms with van der Waals surface area (Å²) in [4.78, 5) is 12.1. The van der Waals surface area contributed by atoms with Crippen molar-refractivity contribution in [2.24, 2.45) is 0 Å². The summed E-state index contributed by atoms with van der Waals surface area (Å²) in [6, 6.07) is 10.5. The maximum absolute atomic E-state index is 12.1. The Labute approximate surface area is 123 Å². The third-order valence-corrected chi connectivity index (χ3v) is 2.93. The fourth-order valence-corrected chi connectivity index (χ4v) is 1.81. The van der Waals surface area contributed by atoms with Gasteiger partial charge in [-0.25, -0.2) is 0 Å². The lowest BCUT2D eigenvalue weighted by Crippen LogP contribution is -2.26. The smallest absolute Gasteiger partial charge is 0.251 e. The van der Waals surface area contributed by atoms with Gasteiger partial charge >= 0.3 is 0 Å². The highest BCUT2D eigenvalue weighted by Crippen LogP contribution is 2.13. The molecule has 0 saturated carbocycles. The third kappa shape index (κ3) is 4.23. The summed E-state index contributed by atoms with van der Waals surface area (Å²) in [6.07, 6.45) is 2.03. The Morgan fingerprint density at radius 3 is 2.71 bits per heavy atom. The minimum atomic E-state index is -0.184. The Kier molecular flexibility index (Phi) is 5.19. The molecule has 0 fully saturated rings. The Morgan fingerprint density at radius 2 is 2.10 bits per heavy atom. The standard InChI is InChI=1S/C17H17NO3/c1-13(16-6-4-12-21-16)18-17(20)15-9-7-14(8-10-15)5-2-3-11-19/h4,6-10,12-13,19H,3,11H2,1H3,(H,18,20). The van der Waals surface area contributed by atoms with Crippen molar-refractivity contribution in [3.8, 4) is 11.8 Å². The molecular formula is C17H17NO3. The third-order valence-electron chi connectivity index (χ3n) is 2.93. The SMILES string of the molecule is CC(NC(=O)c1ccc(C#CCCO)cc1)c1ccco1. The largest absolute Gasteiger partial charge is 0.467 e. The zero-order chi connectivity index (χ0) is 15.1. The van der Waals surface area contributed by atoms with Crippen LogP contribution in [0.5, 0.6) is 0 Å². The molecule has 0 radical (unpaired) electrons. The normalized spacial score (nSPS) is 11.3. The fraction of sp³-hybridized carbons (Fsp3) is 0.235. The number of benzene rings is 1. The summed E-state index contributed by atoms with van der Waals surface area (Å²) in [7, 11) is 0. The van der Waals surface area contributed by atoms with Crippen LogP contribution in [0, 0.1) is 11.8 Å². The van der Waals surface area contributed by atoms with Gasteiger partial charge in [-0.2, -0.15) is 0 Å². The molecule has 2 aromatic rings. The molecule has 0 saturated heterocycles. The Morgan fingerprint density at radius 1 is 1.33 bits per heavy atom. The summed E-state index contributed by atoms with van der Waals surface area (Å²) in [5, 5.41) is 11.5. The van der Waals surface area contributed by atoms with Gasteiger partial charge in [0, 0.05) is 17.5 Å².